The zero-order chi connectivity index (χ0) is 20.0. The smallest absolute Gasteiger partial charge is 0.416 e. The molecular formula is C20H17F3N2O3. The van der Waals surface area contributed by atoms with E-state index in [9.17, 15) is 18.3 Å². The number of benzene rings is 2. The molecule has 1 N–H and O–H groups in total. The predicted octanol–water partition coefficient (Wildman–Crippen LogP) is 4.27. The number of halogens is 3. The van der Waals surface area contributed by atoms with Crippen LogP contribution in [0.1, 0.15) is 11.1 Å². The van der Waals surface area contributed by atoms with Gasteiger partial charge in [-0.05, 0) is 29.8 Å². The van der Waals surface area contributed by atoms with Gasteiger partial charge >= 0.3 is 12.2 Å². The molecular weight excluding hydrogens is 373 g/mol. The van der Waals surface area contributed by atoms with Crippen molar-refractivity contribution in [2.75, 3.05) is 6.61 Å². The molecule has 0 aliphatic rings. The first-order valence-corrected chi connectivity index (χ1v) is 8.43. The normalized spacial score (nSPS) is 12.4. The maximum atomic E-state index is 13.0. The molecule has 2 aromatic carbocycles. The third-order valence-corrected chi connectivity index (χ3v) is 3.78. The van der Waals surface area contributed by atoms with Crippen LogP contribution in [0, 0.1) is 0 Å². The van der Waals surface area contributed by atoms with Gasteiger partial charge in [0.05, 0.1) is 11.7 Å². The first-order chi connectivity index (χ1) is 13.4. The molecule has 1 aromatic heterocycles. The van der Waals surface area contributed by atoms with Gasteiger partial charge in [-0.15, -0.1) is 0 Å². The molecule has 1 heterocycles. The van der Waals surface area contributed by atoms with Gasteiger partial charge in [0, 0.05) is 24.9 Å². The van der Waals surface area contributed by atoms with Gasteiger partial charge in [0.1, 0.15) is 18.1 Å². The summed E-state index contributed by atoms with van der Waals surface area (Å²) in [5.74, 6) is 0.831. The molecule has 0 fully saturated rings. The molecule has 3 aromatic rings. The van der Waals surface area contributed by atoms with Gasteiger partial charge < -0.3 is 14.6 Å². The minimum Gasteiger partial charge on any atom is -0.491 e. The van der Waals surface area contributed by atoms with Crippen LogP contribution in [-0.2, 0) is 12.6 Å². The van der Waals surface area contributed by atoms with Crippen molar-refractivity contribution >= 4 is 0 Å². The van der Waals surface area contributed by atoms with E-state index in [4.69, 9.17) is 9.47 Å². The molecule has 0 saturated heterocycles. The van der Waals surface area contributed by atoms with Gasteiger partial charge in [0.15, 0.2) is 0 Å². The second kappa shape index (κ2) is 8.71. The summed E-state index contributed by atoms with van der Waals surface area (Å²) in [6, 6.07) is 13.6. The Hall–Kier alpha value is -3.13. The van der Waals surface area contributed by atoms with Gasteiger partial charge in [0.25, 0.3) is 0 Å². The van der Waals surface area contributed by atoms with Crippen LogP contribution in [-0.4, -0.2) is 27.8 Å². The van der Waals surface area contributed by atoms with Crippen molar-refractivity contribution in [1.82, 2.24) is 9.97 Å². The number of aromatic nitrogens is 2. The van der Waals surface area contributed by atoms with E-state index in [0.29, 0.717) is 11.5 Å². The van der Waals surface area contributed by atoms with Crippen LogP contribution >= 0.6 is 0 Å². The molecule has 0 bridgehead atoms. The monoisotopic (exact) mass is 390 g/mol. The topological polar surface area (TPSA) is 64.5 Å². The molecule has 3 rings (SSSR count). The van der Waals surface area contributed by atoms with Crippen LogP contribution < -0.4 is 9.47 Å². The number of aliphatic hydroxyl groups is 1. The number of nitrogens with zero attached hydrogens (tertiary/aromatic N) is 2. The van der Waals surface area contributed by atoms with E-state index < -0.39 is 17.8 Å². The fraction of sp³-hybridized carbons (Fsp3) is 0.200. The van der Waals surface area contributed by atoms with Crippen molar-refractivity contribution in [2.45, 2.75) is 18.7 Å². The number of hydrogen-bond donors (Lipinski definition) is 1. The average Bonchev–Trinajstić information content (AvgIpc) is 2.67. The van der Waals surface area contributed by atoms with E-state index in [0.717, 1.165) is 6.07 Å². The van der Waals surface area contributed by atoms with Crippen molar-refractivity contribution in [3.63, 3.8) is 0 Å². The van der Waals surface area contributed by atoms with Gasteiger partial charge in [-0.3, -0.25) is 0 Å². The lowest BCUT2D eigenvalue weighted by molar-refractivity contribution is -0.138. The van der Waals surface area contributed by atoms with Crippen LogP contribution in [0.2, 0.25) is 0 Å². The third kappa shape index (κ3) is 5.43. The summed E-state index contributed by atoms with van der Waals surface area (Å²) in [5.41, 5.74) is -0.739. The quantitative estimate of drug-likeness (QED) is 0.653. The Bertz CT molecular complexity index is 904. The average molecular weight is 390 g/mol. The van der Waals surface area contributed by atoms with Gasteiger partial charge in [0.2, 0.25) is 0 Å². The van der Waals surface area contributed by atoms with Crippen molar-refractivity contribution in [3.05, 3.63) is 78.1 Å². The minimum absolute atomic E-state index is 0.0180. The zero-order valence-electron chi connectivity index (χ0n) is 14.6. The number of ether oxygens (including phenoxy) is 2. The maximum absolute atomic E-state index is 13.0. The molecule has 0 aliphatic carbocycles. The van der Waals surface area contributed by atoms with Crippen LogP contribution in [0.4, 0.5) is 13.2 Å². The van der Waals surface area contributed by atoms with Gasteiger partial charge in [-0.25, -0.2) is 9.97 Å². The highest BCUT2D eigenvalue weighted by Crippen LogP contribution is 2.32. The van der Waals surface area contributed by atoms with E-state index in [2.05, 4.69) is 9.97 Å². The summed E-state index contributed by atoms with van der Waals surface area (Å²) in [6.45, 7) is -0.169. The SMILES string of the molecule is O[C@@H](COc1cccc(Oc2ncccn2)c1)Cc1ccccc1C(F)(F)F. The Balaban J connectivity index is 1.60. The summed E-state index contributed by atoms with van der Waals surface area (Å²) in [4.78, 5) is 7.89. The van der Waals surface area contributed by atoms with E-state index in [1.807, 2.05) is 0 Å². The summed E-state index contributed by atoms with van der Waals surface area (Å²) >= 11 is 0. The summed E-state index contributed by atoms with van der Waals surface area (Å²) in [7, 11) is 0. The van der Waals surface area contributed by atoms with Crippen LogP contribution in [0.3, 0.4) is 0 Å². The molecule has 1 atom stereocenters. The van der Waals surface area contributed by atoms with E-state index >= 15 is 0 Å². The van der Waals surface area contributed by atoms with E-state index in [1.54, 1.807) is 30.3 Å². The van der Waals surface area contributed by atoms with E-state index in [1.165, 1.54) is 30.6 Å². The minimum atomic E-state index is -4.47. The summed E-state index contributed by atoms with van der Waals surface area (Å²) in [6.07, 6.45) is -2.67. The molecule has 5 nitrogen and oxygen atoms in total. The number of hydrogen-bond acceptors (Lipinski definition) is 5. The van der Waals surface area contributed by atoms with E-state index in [-0.39, 0.29) is 24.6 Å². The molecule has 0 aliphatic heterocycles. The lowest BCUT2D eigenvalue weighted by Crippen LogP contribution is -2.22. The largest absolute Gasteiger partial charge is 0.491 e. The maximum Gasteiger partial charge on any atom is 0.416 e. The highest BCUT2D eigenvalue weighted by atomic mass is 19.4. The fourth-order valence-electron chi connectivity index (χ4n) is 2.55. The van der Waals surface area contributed by atoms with Crippen molar-refractivity contribution in [3.8, 4) is 17.5 Å². The Morgan fingerprint density at radius 3 is 2.39 bits per heavy atom. The van der Waals surface area contributed by atoms with Crippen LogP contribution in [0.15, 0.2) is 67.0 Å². The molecule has 8 heteroatoms. The molecule has 0 amide bonds. The Morgan fingerprint density at radius 2 is 1.64 bits per heavy atom. The van der Waals surface area contributed by atoms with Crippen molar-refractivity contribution < 1.29 is 27.8 Å². The third-order valence-electron chi connectivity index (χ3n) is 3.78. The molecule has 0 spiro atoms. The van der Waals surface area contributed by atoms with Crippen molar-refractivity contribution in [2.24, 2.45) is 0 Å². The predicted molar refractivity (Wildman–Crippen MR) is 95.2 cm³/mol. The molecule has 0 saturated carbocycles. The van der Waals surface area contributed by atoms with Gasteiger partial charge in [-0.1, -0.05) is 24.3 Å². The van der Waals surface area contributed by atoms with Crippen LogP contribution in [0.5, 0.6) is 17.5 Å². The Labute approximate surface area is 159 Å². The molecule has 146 valence electrons. The Kier molecular flexibility index (Phi) is 6.10. The van der Waals surface area contributed by atoms with Crippen molar-refractivity contribution in [1.29, 1.82) is 0 Å². The first kappa shape index (κ1) is 19.6. The Morgan fingerprint density at radius 1 is 0.929 bits per heavy atom. The molecule has 0 radical (unpaired) electrons. The summed E-state index contributed by atoms with van der Waals surface area (Å²) in [5, 5.41) is 10.1. The number of alkyl halides is 3. The van der Waals surface area contributed by atoms with Gasteiger partial charge in [-0.2, -0.15) is 13.2 Å². The molecule has 28 heavy (non-hydrogen) atoms. The molecule has 0 unspecified atom stereocenters. The summed E-state index contributed by atoms with van der Waals surface area (Å²) < 4.78 is 50.1. The number of rotatable bonds is 7. The highest BCUT2D eigenvalue weighted by molar-refractivity contribution is 5.34. The fourth-order valence-corrected chi connectivity index (χ4v) is 2.55. The first-order valence-electron chi connectivity index (χ1n) is 8.43. The second-order valence-corrected chi connectivity index (χ2v) is 5.93. The highest BCUT2D eigenvalue weighted by Gasteiger charge is 2.33. The van der Waals surface area contributed by atoms with Crippen LogP contribution in [0.25, 0.3) is 0 Å². The second-order valence-electron chi connectivity index (χ2n) is 5.93. The lowest BCUT2D eigenvalue weighted by atomic mass is 10.0. The lowest BCUT2D eigenvalue weighted by Gasteiger charge is -2.16. The number of aliphatic hydroxyl groups excluding tert-OH is 1. The standard InChI is InChI=1S/C20H17F3N2O3/c21-20(22,23)18-8-2-1-5-14(18)11-15(26)13-27-16-6-3-7-17(12-16)28-19-24-9-4-10-25-19/h1-10,12,15,26H,11,13H2/t15-/m1/s1. The zero-order valence-corrected chi connectivity index (χ0v) is 14.6.